The van der Waals surface area contributed by atoms with Crippen LogP contribution in [0.2, 0.25) is 0 Å². The molecule has 1 aliphatic heterocycles. The van der Waals surface area contributed by atoms with Gasteiger partial charge in [-0.1, -0.05) is 13.8 Å². The van der Waals surface area contributed by atoms with Crippen LogP contribution in [0.3, 0.4) is 0 Å². The van der Waals surface area contributed by atoms with Crippen molar-refractivity contribution < 1.29 is 9.53 Å². The van der Waals surface area contributed by atoms with E-state index in [9.17, 15) is 4.79 Å². The van der Waals surface area contributed by atoms with E-state index in [4.69, 9.17) is 10.1 Å². The number of carbonyl (C=O) groups excluding carboxylic acids is 1. The fourth-order valence-electron chi connectivity index (χ4n) is 2.16. The molecule has 2 amide bonds. The minimum atomic E-state index is -0.624. The molecular formula is C10H19N3O2. The average Bonchev–Trinajstić information content (AvgIpc) is 2.39. The van der Waals surface area contributed by atoms with E-state index in [0.717, 1.165) is 0 Å². The summed E-state index contributed by atoms with van der Waals surface area (Å²) in [5.41, 5.74) is -0.624. The van der Waals surface area contributed by atoms with E-state index < -0.39 is 5.54 Å². The van der Waals surface area contributed by atoms with Gasteiger partial charge in [-0.2, -0.15) is 0 Å². The molecule has 0 aromatic heterocycles. The van der Waals surface area contributed by atoms with Crippen LogP contribution in [-0.4, -0.2) is 42.6 Å². The number of rotatable bonds is 4. The Balaban J connectivity index is 3.12. The third-order valence-electron chi connectivity index (χ3n) is 3.03. The molecule has 1 saturated heterocycles. The van der Waals surface area contributed by atoms with Crippen LogP contribution in [0.5, 0.6) is 0 Å². The summed E-state index contributed by atoms with van der Waals surface area (Å²) in [6.45, 7) is 6.84. The molecule has 2 N–H and O–H groups in total. The Morgan fingerprint density at radius 3 is 2.60 bits per heavy atom. The van der Waals surface area contributed by atoms with Crippen LogP contribution in [0, 0.1) is 11.3 Å². The summed E-state index contributed by atoms with van der Waals surface area (Å²) >= 11 is 0. The number of amides is 2. The number of hydrogen-bond donors (Lipinski definition) is 2. The molecule has 1 heterocycles. The highest BCUT2D eigenvalue weighted by molar-refractivity contribution is 6.08. The zero-order valence-electron chi connectivity index (χ0n) is 9.76. The fourth-order valence-corrected chi connectivity index (χ4v) is 2.16. The maximum absolute atomic E-state index is 11.6. The highest BCUT2D eigenvalue weighted by atomic mass is 16.5. The van der Waals surface area contributed by atoms with Gasteiger partial charge in [-0.25, -0.2) is 4.79 Å². The summed E-state index contributed by atoms with van der Waals surface area (Å²) in [7, 11) is 1.59. The molecule has 1 fully saturated rings. The molecule has 0 aliphatic carbocycles. The van der Waals surface area contributed by atoms with Gasteiger partial charge in [0.1, 0.15) is 11.4 Å². The lowest BCUT2D eigenvalue weighted by atomic mass is 9.85. The Morgan fingerprint density at radius 2 is 2.20 bits per heavy atom. The van der Waals surface area contributed by atoms with Gasteiger partial charge >= 0.3 is 6.03 Å². The van der Waals surface area contributed by atoms with Gasteiger partial charge < -0.3 is 9.64 Å². The lowest BCUT2D eigenvalue weighted by Gasteiger charge is -2.38. The Kier molecular flexibility index (Phi) is 3.34. The van der Waals surface area contributed by atoms with Crippen LogP contribution >= 0.6 is 0 Å². The molecule has 1 atom stereocenters. The van der Waals surface area contributed by atoms with Gasteiger partial charge in [0.05, 0.1) is 6.61 Å². The van der Waals surface area contributed by atoms with Gasteiger partial charge in [-0.05, 0) is 12.8 Å². The molecule has 0 saturated carbocycles. The van der Waals surface area contributed by atoms with Crippen LogP contribution in [-0.2, 0) is 4.74 Å². The fraction of sp³-hybridized carbons (Fsp3) is 0.800. The zero-order chi connectivity index (χ0) is 11.6. The normalized spacial score (nSPS) is 26.3. The number of nitrogens with zero attached hydrogens (tertiary/aromatic N) is 1. The first-order chi connectivity index (χ1) is 7.00. The molecule has 0 spiro atoms. The molecule has 0 radical (unpaired) electrons. The molecule has 0 bridgehead atoms. The smallest absolute Gasteiger partial charge is 0.323 e. The van der Waals surface area contributed by atoms with E-state index in [2.05, 4.69) is 5.32 Å². The SMILES string of the molecule is CCN1C(=O)NC(=N)C1(COC)C(C)C. The second kappa shape index (κ2) is 4.18. The van der Waals surface area contributed by atoms with Gasteiger partial charge in [0.25, 0.3) is 0 Å². The summed E-state index contributed by atoms with van der Waals surface area (Å²) in [6, 6.07) is -0.201. The first kappa shape index (κ1) is 12.0. The lowest BCUT2D eigenvalue weighted by Crippen LogP contribution is -2.56. The monoisotopic (exact) mass is 213 g/mol. The van der Waals surface area contributed by atoms with E-state index >= 15 is 0 Å². The van der Waals surface area contributed by atoms with E-state index in [-0.39, 0.29) is 17.8 Å². The molecule has 1 rings (SSSR count). The van der Waals surface area contributed by atoms with E-state index in [1.54, 1.807) is 12.0 Å². The summed E-state index contributed by atoms with van der Waals surface area (Å²) in [5, 5.41) is 10.5. The summed E-state index contributed by atoms with van der Waals surface area (Å²) in [4.78, 5) is 13.3. The van der Waals surface area contributed by atoms with Crippen molar-refractivity contribution in [3.63, 3.8) is 0 Å². The van der Waals surface area contributed by atoms with Crippen LogP contribution in [0.25, 0.3) is 0 Å². The predicted octanol–water partition coefficient (Wildman–Crippen LogP) is 1.05. The van der Waals surface area contributed by atoms with Gasteiger partial charge in [0.2, 0.25) is 0 Å². The molecule has 86 valence electrons. The quantitative estimate of drug-likeness (QED) is 0.733. The number of amidine groups is 1. The molecule has 5 nitrogen and oxygen atoms in total. The zero-order valence-corrected chi connectivity index (χ0v) is 9.76. The first-order valence-electron chi connectivity index (χ1n) is 5.17. The summed E-state index contributed by atoms with van der Waals surface area (Å²) in [5.74, 6) is 0.384. The van der Waals surface area contributed by atoms with Crippen LogP contribution in [0.4, 0.5) is 4.79 Å². The number of ether oxygens (including phenoxy) is 1. The second-order valence-electron chi connectivity index (χ2n) is 4.06. The number of methoxy groups -OCH3 is 1. The molecule has 5 heteroatoms. The third-order valence-corrected chi connectivity index (χ3v) is 3.03. The summed E-state index contributed by atoms with van der Waals surface area (Å²) < 4.78 is 5.17. The van der Waals surface area contributed by atoms with Crippen molar-refractivity contribution in [3.05, 3.63) is 0 Å². The van der Waals surface area contributed by atoms with Crippen molar-refractivity contribution in [2.24, 2.45) is 5.92 Å². The standard InChI is InChI=1S/C10H19N3O2/c1-5-13-9(14)12-8(11)10(13,6-15-4)7(2)3/h7H,5-6H2,1-4H3,(H2,11,12,14). The Morgan fingerprint density at radius 1 is 1.60 bits per heavy atom. The van der Waals surface area contributed by atoms with Crippen molar-refractivity contribution in [1.29, 1.82) is 5.41 Å². The van der Waals surface area contributed by atoms with Crippen molar-refractivity contribution in [3.8, 4) is 0 Å². The highest BCUT2D eigenvalue weighted by Crippen LogP contribution is 2.30. The maximum Gasteiger partial charge on any atom is 0.323 e. The van der Waals surface area contributed by atoms with Crippen molar-refractivity contribution >= 4 is 11.9 Å². The van der Waals surface area contributed by atoms with Gasteiger partial charge in [0, 0.05) is 13.7 Å². The maximum atomic E-state index is 11.6. The topological polar surface area (TPSA) is 65.4 Å². The predicted molar refractivity (Wildman–Crippen MR) is 58.1 cm³/mol. The van der Waals surface area contributed by atoms with Crippen molar-refractivity contribution in [1.82, 2.24) is 10.2 Å². The van der Waals surface area contributed by atoms with E-state index in [1.165, 1.54) is 0 Å². The van der Waals surface area contributed by atoms with Crippen molar-refractivity contribution in [2.45, 2.75) is 26.3 Å². The van der Waals surface area contributed by atoms with Crippen LogP contribution in [0.15, 0.2) is 0 Å². The minimum Gasteiger partial charge on any atom is -0.382 e. The minimum absolute atomic E-state index is 0.142. The number of hydrogen-bond acceptors (Lipinski definition) is 3. The number of urea groups is 1. The lowest BCUT2D eigenvalue weighted by molar-refractivity contribution is 0.0605. The Labute approximate surface area is 90.3 Å². The molecule has 1 aliphatic rings. The van der Waals surface area contributed by atoms with Gasteiger partial charge in [-0.15, -0.1) is 0 Å². The summed E-state index contributed by atoms with van der Waals surface area (Å²) in [6.07, 6.45) is 0. The van der Waals surface area contributed by atoms with E-state index in [1.807, 2.05) is 20.8 Å². The van der Waals surface area contributed by atoms with Crippen LogP contribution < -0.4 is 5.32 Å². The first-order valence-corrected chi connectivity index (χ1v) is 5.17. The van der Waals surface area contributed by atoms with E-state index in [0.29, 0.717) is 13.2 Å². The van der Waals surface area contributed by atoms with Gasteiger partial charge in [-0.3, -0.25) is 10.7 Å². The average molecular weight is 213 g/mol. The molecule has 15 heavy (non-hydrogen) atoms. The van der Waals surface area contributed by atoms with Crippen LogP contribution in [0.1, 0.15) is 20.8 Å². The Bertz CT molecular complexity index is 278. The molecule has 0 aromatic rings. The largest absolute Gasteiger partial charge is 0.382 e. The Hall–Kier alpha value is -1.10. The second-order valence-corrected chi connectivity index (χ2v) is 4.06. The molecular weight excluding hydrogens is 194 g/mol. The third kappa shape index (κ3) is 1.61. The number of carbonyl (C=O) groups is 1. The van der Waals surface area contributed by atoms with Crippen molar-refractivity contribution in [2.75, 3.05) is 20.3 Å². The van der Waals surface area contributed by atoms with Gasteiger partial charge in [0.15, 0.2) is 0 Å². The molecule has 0 aromatic carbocycles. The number of nitrogens with one attached hydrogen (secondary N) is 2. The molecule has 1 unspecified atom stereocenters. The highest BCUT2D eigenvalue weighted by Gasteiger charge is 2.51. The number of likely N-dealkylation sites (N-methyl/N-ethyl adjacent to an activating group) is 1.